The molecule has 28 heavy (non-hydrogen) atoms. The molecule has 0 spiro atoms. The summed E-state index contributed by atoms with van der Waals surface area (Å²) in [5.41, 5.74) is 1.67. The number of rotatable bonds is 10. The maximum absolute atomic E-state index is 12.4. The fourth-order valence-electron chi connectivity index (χ4n) is 2.70. The number of aliphatic hydroxyl groups excluding tert-OH is 1. The molecule has 0 heterocycles. The van der Waals surface area contributed by atoms with Crippen LogP contribution in [-0.4, -0.2) is 49.7 Å². The van der Waals surface area contributed by atoms with E-state index in [-0.39, 0.29) is 12.4 Å². The first-order chi connectivity index (χ1) is 13.2. The van der Waals surface area contributed by atoms with Crippen molar-refractivity contribution < 1.29 is 27.8 Å². The minimum atomic E-state index is -4.70. The third-order valence-corrected chi connectivity index (χ3v) is 4.13. The Kier molecular flexibility index (Phi) is 8.14. The second-order valence-electron chi connectivity index (χ2n) is 6.86. The third kappa shape index (κ3) is 8.19. The normalized spacial score (nSPS) is 12.8. The van der Waals surface area contributed by atoms with E-state index in [1.165, 1.54) is 12.1 Å². The Morgan fingerprint density at radius 1 is 1.04 bits per heavy atom. The average molecular weight is 397 g/mol. The van der Waals surface area contributed by atoms with Crippen LogP contribution < -0.4 is 9.47 Å². The quantitative estimate of drug-likeness (QED) is 0.657. The number of para-hydroxylation sites is 1. The molecule has 0 saturated carbocycles. The molecule has 4 nitrogen and oxygen atoms in total. The highest BCUT2D eigenvalue weighted by molar-refractivity contribution is 5.35. The molecule has 154 valence electrons. The molecule has 0 aliphatic heterocycles. The highest BCUT2D eigenvalue weighted by Crippen LogP contribution is 2.25. The van der Waals surface area contributed by atoms with E-state index >= 15 is 0 Å². The minimum absolute atomic E-state index is 0.194. The van der Waals surface area contributed by atoms with Crippen molar-refractivity contribution in [2.24, 2.45) is 0 Å². The fraction of sp³-hybridized carbons (Fsp3) is 0.429. The largest absolute Gasteiger partial charge is 0.573 e. The van der Waals surface area contributed by atoms with Crippen molar-refractivity contribution >= 4 is 0 Å². The van der Waals surface area contributed by atoms with Crippen LogP contribution in [0.1, 0.15) is 17.5 Å². The van der Waals surface area contributed by atoms with E-state index < -0.39 is 12.5 Å². The first-order valence-corrected chi connectivity index (χ1v) is 9.11. The van der Waals surface area contributed by atoms with Gasteiger partial charge in [-0.3, -0.25) is 0 Å². The molecular weight excluding hydrogens is 371 g/mol. The van der Waals surface area contributed by atoms with Gasteiger partial charge in [-0.25, -0.2) is 0 Å². The molecule has 7 heteroatoms. The van der Waals surface area contributed by atoms with Crippen molar-refractivity contribution in [2.45, 2.75) is 31.7 Å². The average Bonchev–Trinajstić information content (AvgIpc) is 2.62. The molecule has 0 aliphatic rings. The predicted octanol–water partition coefficient (Wildman–Crippen LogP) is 4.06. The number of ether oxygens (including phenoxy) is 2. The third-order valence-electron chi connectivity index (χ3n) is 4.13. The minimum Gasteiger partial charge on any atom is -0.491 e. The SMILES string of the molecule is CN(C)CCC(O)COc1ccccc1CCc1cccc(OC(F)(F)F)c1. The van der Waals surface area contributed by atoms with E-state index in [0.717, 1.165) is 17.7 Å². The molecule has 0 amide bonds. The number of nitrogens with zero attached hydrogens (tertiary/aromatic N) is 1. The molecule has 0 saturated heterocycles. The van der Waals surface area contributed by atoms with Crippen molar-refractivity contribution in [3.05, 3.63) is 59.7 Å². The lowest BCUT2D eigenvalue weighted by atomic mass is 10.0. The lowest BCUT2D eigenvalue weighted by Gasteiger charge is -2.17. The molecule has 2 rings (SSSR count). The van der Waals surface area contributed by atoms with Crippen LogP contribution in [0.3, 0.4) is 0 Å². The molecule has 0 aliphatic carbocycles. The molecular formula is C21H26F3NO3. The monoisotopic (exact) mass is 397 g/mol. The lowest BCUT2D eigenvalue weighted by Crippen LogP contribution is -2.24. The van der Waals surface area contributed by atoms with Gasteiger partial charge in [-0.05, 0) is 62.7 Å². The number of aryl methyl sites for hydroxylation is 2. The zero-order valence-corrected chi connectivity index (χ0v) is 16.1. The van der Waals surface area contributed by atoms with Crippen LogP contribution in [0.25, 0.3) is 0 Å². The number of hydrogen-bond acceptors (Lipinski definition) is 4. The standard InChI is InChI=1S/C21H26F3NO3/c1-25(2)13-12-18(26)15-27-20-9-4-3-7-17(20)11-10-16-6-5-8-19(14-16)28-21(22,23)24/h3-9,14,18,26H,10-13,15H2,1-2H3. The number of alkyl halides is 3. The predicted molar refractivity (Wildman–Crippen MR) is 102 cm³/mol. The summed E-state index contributed by atoms with van der Waals surface area (Å²) in [6.45, 7) is 0.961. The summed E-state index contributed by atoms with van der Waals surface area (Å²) in [6.07, 6.45) is -3.52. The topological polar surface area (TPSA) is 41.9 Å². The fourth-order valence-corrected chi connectivity index (χ4v) is 2.70. The Morgan fingerprint density at radius 3 is 2.50 bits per heavy atom. The Hall–Kier alpha value is -2.25. The number of benzene rings is 2. The van der Waals surface area contributed by atoms with Crippen molar-refractivity contribution in [2.75, 3.05) is 27.2 Å². The smallest absolute Gasteiger partial charge is 0.491 e. The van der Waals surface area contributed by atoms with E-state index in [1.54, 1.807) is 12.1 Å². The summed E-state index contributed by atoms with van der Waals surface area (Å²) in [4.78, 5) is 1.99. The van der Waals surface area contributed by atoms with Gasteiger partial charge in [0.2, 0.25) is 0 Å². The van der Waals surface area contributed by atoms with Gasteiger partial charge in [0.15, 0.2) is 0 Å². The van der Waals surface area contributed by atoms with Crippen LogP contribution >= 0.6 is 0 Å². The van der Waals surface area contributed by atoms with Crippen molar-refractivity contribution in [3.63, 3.8) is 0 Å². The van der Waals surface area contributed by atoms with Gasteiger partial charge >= 0.3 is 6.36 Å². The molecule has 0 aromatic heterocycles. The van der Waals surface area contributed by atoms with Gasteiger partial charge in [0.1, 0.15) is 18.1 Å². The summed E-state index contributed by atoms with van der Waals surface area (Å²) in [5.74, 6) is 0.452. The maximum Gasteiger partial charge on any atom is 0.573 e. The van der Waals surface area contributed by atoms with E-state index in [4.69, 9.17) is 4.74 Å². The lowest BCUT2D eigenvalue weighted by molar-refractivity contribution is -0.274. The van der Waals surface area contributed by atoms with Gasteiger partial charge in [0, 0.05) is 6.54 Å². The van der Waals surface area contributed by atoms with E-state index in [1.807, 2.05) is 43.3 Å². The van der Waals surface area contributed by atoms with Crippen LogP contribution in [0.4, 0.5) is 13.2 Å². The summed E-state index contributed by atoms with van der Waals surface area (Å²) < 4.78 is 46.8. The van der Waals surface area contributed by atoms with Gasteiger partial charge < -0.3 is 19.5 Å². The van der Waals surface area contributed by atoms with Gasteiger partial charge in [0.05, 0.1) is 6.10 Å². The molecule has 1 N–H and O–H groups in total. The molecule has 1 unspecified atom stereocenters. The molecule has 0 radical (unpaired) electrons. The molecule has 2 aromatic rings. The summed E-state index contributed by atoms with van der Waals surface area (Å²) >= 11 is 0. The van der Waals surface area contributed by atoms with Crippen LogP contribution in [-0.2, 0) is 12.8 Å². The second kappa shape index (κ2) is 10.3. The molecule has 0 bridgehead atoms. The molecule has 2 aromatic carbocycles. The number of hydrogen-bond donors (Lipinski definition) is 1. The Morgan fingerprint density at radius 2 is 1.79 bits per heavy atom. The number of halogens is 3. The van der Waals surface area contributed by atoms with Gasteiger partial charge in [-0.1, -0.05) is 30.3 Å². The highest BCUT2D eigenvalue weighted by atomic mass is 19.4. The summed E-state index contributed by atoms with van der Waals surface area (Å²) in [7, 11) is 3.88. The molecule has 0 fully saturated rings. The number of aliphatic hydroxyl groups is 1. The first-order valence-electron chi connectivity index (χ1n) is 9.11. The summed E-state index contributed by atoms with van der Waals surface area (Å²) in [6, 6.07) is 13.5. The van der Waals surface area contributed by atoms with Crippen molar-refractivity contribution in [1.82, 2.24) is 4.90 Å². The highest BCUT2D eigenvalue weighted by Gasteiger charge is 2.31. The van der Waals surface area contributed by atoms with Crippen molar-refractivity contribution in [3.8, 4) is 11.5 Å². The van der Waals surface area contributed by atoms with E-state index in [9.17, 15) is 18.3 Å². The van der Waals surface area contributed by atoms with E-state index in [2.05, 4.69) is 4.74 Å². The Bertz CT molecular complexity index is 735. The van der Waals surface area contributed by atoms with Crippen LogP contribution in [0.2, 0.25) is 0 Å². The maximum atomic E-state index is 12.4. The molecule has 1 atom stereocenters. The van der Waals surface area contributed by atoms with Gasteiger partial charge in [-0.15, -0.1) is 13.2 Å². The van der Waals surface area contributed by atoms with Crippen LogP contribution in [0.5, 0.6) is 11.5 Å². The second-order valence-corrected chi connectivity index (χ2v) is 6.86. The van der Waals surface area contributed by atoms with Crippen molar-refractivity contribution in [1.29, 1.82) is 0 Å². The first kappa shape index (κ1) is 22.0. The Balaban J connectivity index is 1.93. The zero-order chi connectivity index (χ0) is 20.6. The summed E-state index contributed by atoms with van der Waals surface area (Å²) in [5, 5.41) is 10.0. The van der Waals surface area contributed by atoms with E-state index in [0.29, 0.717) is 25.0 Å². The van der Waals surface area contributed by atoms with Gasteiger partial charge in [-0.2, -0.15) is 0 Å². The van der Waals surface area contributed by atoms with Gasteiger partial charge in [0.25, 0.3) is 0 Å². The Labute approximate surface area is 163 Å². The zero-order valence-electron chi connectivity index (χ0n) is 16.1. The van der Waals surface area contributed by atoms with Crippen LogP contribution in [0.15, 0.2) is 48.5 Å². The van der Waals surface area contributed by atoms with Crippen LogP contribution in [0, 0.1) is 0 Å².